The predicted molar refractivity (Wildman–Crippen MR) is 147 cm³/mol. The average molecular weight is 540 g/mol. The first-order valence-electron chi connectivity index (χ1n) is 12.2. The number of carbonyl (C=O) groups is 1. The Labute approximate surface area is 226 Å². The summed E-state index contributed by atoms with van der Waals surface area (Å²) in [4.78, 5) is 12.8. The Morgan fingerprint density at radius 2 is 1.84 bits per heavy atom. The normalized spacial score (nSPS) is 11.4. The fourth-order valence-corrected chi connectivity index (χ4v) is 4.52. The zero-order valence-corrected chi connectivity index (χ0v) is 23.3. The highest BCUT2D eigenvalue weighted by Gasteiger charge is 2.18. The number of benzene rings is 2. The van der Waals surface area contributed by atoms with Crippen LogP contribution in [0.25, 0.3) is 11.0 Å². The highest BCUT2D eigenvalue weighted by atomic mass is 32.2. The van der Waals surface area contributed by atoms with Crippen molar-refractivity contribution in [2.45, 2.75) is 57.7 Å². The van der Waals surface area contributed by atoms with Crippen molar-refractivity contribution >= 4 is 34.8 Å². The Balaban J connectivity index is 1.45. The molecule has 1 amide bonds. The molecule has 2 aromatic heterocycles. The number of hydrogen-bond donors (Lipinski definition) is 2. The van der Waals surface area contributed by atoms with E-state index >= 15 is 0 Å². The maximum Gasteiger partial charge on any atom is 0.407 e. The number of aryl methyl sites for hydroxylation is 1. The van der Waals surface area contributed by atoms with E-state index in [1.807, 2.05) is 51.2 Å². The Morgan fingerprint density at radius 3 is 2.55 bits per heavy atom. The van der Waals surface area contributed by atoms with Crippen LogP contribution in [0.15, 0.2) is 52.1 Å². The van der Waals surface area contributed by atoms with Crippen LogP contribution in [0, 0.1) is 0 Å². The van der Waals surface area contributed by atoms with E-state index in [0.29, 0.717) is 30.2 Å². The number of rotatable bonds is 10. The molecular weight excluding hydrogens is 506 g/mol. The molecule has 0 aliphatic rings. The van der Waals surface area contributed by atoms with Crippen molar-refractivity contribution in [3.8, 4) is 11.5 Å². The molecule has 0 atom stereocenters. The van der Waals surface area contributed by atoms with E-state index in [4.69, 9.17) is 18.7 Å². The molecule has 10 nitrogen and oxygen atoms in total. The largest absolute Gasteiger partial charge is 0.496 e. The van der Waals surface area contributed by atoms with Crippen molar-refractivity contribution < 1.29 is 23.5 Å². The summed E-state index contributed by atoms with van der Waals surface area (Å²) in [6.45, 7) is 8.38. The summed E-state index contributed by atoms with van der Waals surface area (Å²) in [5, 5.41) is 12.1. The smallest absolute Gasteiger partial charge is 0.407 e. The number of anilines is 1. The first-order chi connectivity index (χ1) is 18.2. The Kier molecular flexibility index (Phi) is 8.35. The summed E-state index contributed by atoms with van der Waals surface area (Å²) in [5.41, 5.74) is 3.03. The van der Waals surface area contributed by atoms with E-state index < -0.39 is 11.7 Å². The van der Waals surface area contributed by atoms with Gasteiger partial charge >= 0.3 is 6.09 Å². The van der Waals surface area contributed by atoms with Crippen molar-refractivity contribution in [3.05, 3.63) is 59.4 Å². The topological polar surface area (TPSA) is 113 Å². The molecule has 0 spiro atoms. The van der Waals surface area contributed by atoms with E-state index in [1.165, 1.54) is 17.5 Å². The first-order valence-corrected chi connectivity index (χ1v) is 13.0. The number of methoxy groups -OCH3 is 2. The standard InChI is InChI=1S/C27H33N5O5S/c1-7-17-8-9-23(20(10-17)34-5)38-31-25-24-21(35-6)11-18(12-22(24)37-30-25)15-32-16-19(14-29-32)13-28-26(33)36-27(2,3)4/h8-12,14,16H,7,13,15H2,1-6H3,(H,28,33)(H,30,31). The lowest BCUT2D eigenvalue weighted by molar-refractivity contribution is 0.0523. The van der Waals surface area contributed by atoms with Crippen molar-refractivity contribution in [2.24, 2.45) is 0 Å². The van der Waals surface area contributed by atoms with Gasteiger partial charge in [0.2, 0.25) is 0 Å². The Morgan fingerprint density at radius 1 is 1.08 bits per heavy atom. The molecule has 0 radical (unpaired) electrons. The fourth-order valence-electron chi connectivity index (χ4n) is 3.79. The van der Waals surface area contributed by atoms with Gasteiger partial charge in [-0.05, 0) is 74.5 Å². The third-order valence-corrected chi connectivity index (χ3v) is 6.43. The minimum absolute atomic E-state index is 0.317. The Hall–Kier alpha value is -3.86. The number of ether oxygens (including phenoxy) is 3. The van der Waals surface area contributed by atoms with Crippen LogP contribution >= 0.6 is 11.9 Å². The van der Waals surface area contributed by atoms with E-state index in [2.05, 4.69) is 33.3 Å². The molecule has 38 heavy (non-hydrogen) atoms. The van der Waals surface area contributed by atoms with E-state index in [1.54, 1.807) is 25.1 Å². The second-order valence-corrected chi connectivity index (χ2v) is 10.5. The van der Waals surface area contributed by atoms with Crippen LogP contribution in [0.3, 0.4) is 0 Å². The van der Waals surface area contributed by atoms with Gasteiger partial charge in [0, 0.05) is 18.3 Å². The molecule has 0 saturated heterocycles. The van der Waals surface area contributed by atoms with Gasteiger partial charge in [-0.15, -0.1) is 0 Å². The lowest BCUT2D eigenvalue weighted by Crippen LogP contribution is -2.32. The molecule has 2 aromatic carbocycles. The Bertz CT molecular complexity index is 1410. The zero-order chi connectivity index (χ0) is 27.3. The van der Waals surface area contributed by atoms with Crippen molar-refractivity contribution in [1.82, 2.24) is 20.3 Å². The maximum atomic E-state index is 11.9. The van der Waals surface area contributed by atoms with Gasteiger partial charge in [0.25, 0.3) is 0 Å². The van der Waals surface area contributed by atoms with Crippen LogP contribution in [0.4, 0.5) is 10.6 Å². The molecule has 2 heterocycles. The fraction of sp³-hybridized carbons (Fsp3) is 0.370. The molecule has 4 rings (SSSR count). The summed E-state index contributed by atoms with van der Waals surface area (Å²) >= 11 is 1.40. The molecule has 0 unspecified atom stereocenters. The number of nitrogens with zero attached hydrogens (tertiary/aromatic N) is 3. The van der Waals surface area contributed by atoms with E-state index in [9.17, 15) is 4.79 Å². The van der Waals surface area contributed by atoms with E-state index in [-0.39, 0.29) is 0 Å². The van der Waals surface area contributed by atoms with Gasteiger partial charge in [0.1, 0.15) is 22.5 Å². The molecule has 202 valence electrons. The lowest BCUT2D eigenvalue weighted by Gasteiger charge is -2.19. The van der Waals surface area contributed by atoms with Gasteiger partial charge in [0.05, 0.1) is 31.9 Å². The van der Waals surface area contributed by atoms with Gasteiger partial charge in [-0.1, -0.05) is 18.1 Å². The molecule has 4 aromatic rings. The van der Waals surface area contributed by atoms with Crippen LogP contribution in [-0.2, 0) is 24.2 Å². The van der Waals surface area contributed by atoms with Crippen LogP contribution < -0.4 is 19.5 Å². The maximum absolute atomic E-state index is 11.9. The second kappa shape index (κ2) is 11.7. The number of hydrogen-bond acceptors (Lipinski definition) is 9. The minimum atomic E-state index is -0.548. The number of alkyl carbamates (subject to hydrolysis) is 1. The number of amides is 1. The highest BCUT2D eigenvalue weighted by Crippen LogP contribution is 2.37. The number of aromatic nitrogens is 3. The summed E-state index contributed by atoms with van der Waals surface area (Å²) in [6, 6.07) is 9.99. The zero-order valence-electron chi connectivity index (χ0n) is 22.5. The minimum Gasteiger partial charge on any atom is -0.496 e. The summed E-state index contributed by atoms with van der Waals surface area (Å²) in [7, 11) is 3.28. The molecule has 0 saturated carbocycles. The van der Waals surface area contributed by atoms with Gasteiger partial charge < -0.3 is 28.8 Å². The second-order valence-electron chi connectivity index (χ2n) is 9.65. The molecule has 0 bridgehead atoms. The summed E-state index contributed by atoms with van der Waals surface area (Å²) < 4.78 is 27.2. The lowest BCUT2D eigenvalue weighted by atomic mass is 10.1. The molecular formula is C27H33N5O5S. The molecule has 0 fully saturated rings. The third-order valence-electron chi connectivity index (χ3n) is 5.58. The van der Waals surface area contributed by atoms with Gasteiger partial charge in [0.15, 0.2) is 11.4 Å². The van der Waals surface area contributed by atoms with Crippen LogP contribution in [0.2, 0.25) is 0 Å². The summed E-state index contributed by atoms with van der Waals surface area (Å²) in [6.07, 6.45) is 4.05. The molecule has 11 heteroatoms. The van der Waals surface area contributed by atoms with Crippen molar-refractivity contribution in [2.75, 3.05) is 18.9 Å². The molecule has 0 aliphatic heterocycles. The van der Waals surface area contributed by atoms with Crippen molar-refractivity contribution in [1.29, 1.82) is 0 Å². The highest BCUT2D eigenvalue weighted by molar-refractivity contribution is 8.00. The summed E-state index contributed by atoms with van der Waals surface area (Å²) in [5.74, 6) is 1.99. The quantitative estimate of drug-likeness (QED) is 0.242. The first kappa shape index (κ1) is 27.2. The predicted octanol–water partition coefficient (Wildman–Crippen LogP) is 5.80. The molecule has 2 N–H and O–H groups in total. The van der Waals surface area contributed by atoms with Crippen LogP contribution in [0.5, 0.6) is 11.5 Å². The van der Waals surface area contributed by atoms with Crippen LogP contribution in [-0.4, -0.2) is 40.9 Å². The van der Waals surface area contributed by atoms with Gasteiger partial charge in [-0.2, -0.15) is 5.10 Å². The van der Waals surface area contributed by atoms with Gasteiger partial charge in [-0.3, -0.25) is 4.68 Å². The third kappa shape index (κ3) is 6.71. The van der Waals surface area contributed by atoms with E-state index in [0.717, 1.165) is 33.6 Å². The van der Waals surface area contributed by atoms with Gasteiger partial charge in [-0.25, -0.2) is 4.79 Å². The monoisotopic (exact) mass is 539 g/mol. The number of nitrogens with one attached hydrogen (secondary N) is 2. The average Bonchev–Trinajstić information content (AvgIpc) is 3.51. The SMILES string of the molecule is CCc1ccc(SNc2noc3cc(Cn4cc(CNC(=O)OC(C)(C)C)cn4)cc(OC)c23)c(OC)c1. The molecule has 0 aliphatic carbocycles. The van der Waals surface area contributed by atoms with Crippen molar-refractivity contribution in [3.63, 3.8) is 0 Å². The van der Waals surface area contributed by atoms with Crippen LogP contribution in [0.1, 0.15) is 44.4 Å². The number of carbonyl (C=O) groups excluding carboxylic acids is 1. The number of fused-ring (bicyclic) bond motifs is 1.